The minimum absolute atomic E-state index is 0.115. The van der Waals surface area contributed by atoms with E-state index in [0.717, 1.165) is 0 Å². The van der Waals surface area contributed by atoms with Crippen LogP contribution in [0.4, 0.5) is 0 Å². The third-order valence-corrected chi connectivity index (χ3v) is 2.48. The predicted octanol–water partition coefficient (Wildman–Crippen LogP) is 0.0600. The van der Waals surface area contributed by atoms with Crippen molar-refractivity contribution in [3.63, 3.8) is 0 Å². The van der Waals surface area contributed by atoms with Crippen molar-refractivity contribution in [1.29, 1.82) is 0 Å². The van der Waals surface area contributed by atoms with Gasteiger partial charge >= 0.3 is 5.97 Å². The lowest BCUT2D eigenvalue weighted by molar-refractivity contribution is -0.147. The first-order chi connectivity index (χ1) is 6.82. The summed E-state index contributed by atoms with van der Waals surface area (Å²) in [5.41, 5.74) is -0.240. The van der Waals surface area contributed by atoms with Gasteiger partial charge in [0, 0.05) is 18.6 Å². The number of carbonyl (C=O) groups excluding carboxylic acids is 1. The minimum atomic E-state index is -0.948. The molecule has 86 valence electrons. The van der Waals surface area contributed by atoms with Gasteiger partial charge in [-0.15, -0.1) is 0 Å². The van der Waals surface area contributed by atoms with E-state index in [4.69, 9.17) is 5.11 Å². The molecule has 2 N–H and O–H groups in total. The normalized spacial score (nSPS) is 23.0. The summed E-state index contributed by atoms with van der Waals surface area (Å²) in [7, 11) is 0. The number of amides is 1. The maximum absolute atomic E-state index is 11.9. The summed E-state index contributed by atoms with van der Waals surface area (Å²) >= 11 is 0. The molecule has 1 heterocycles. The number of nitrogens with one attached hydrogen (secondary N) is 1. The average molecular weight is 214 g/mol. The van der Waals surface area contributed by atoms with E-state index in [2.05, 4.69) is 5.32 Å². The van der Waals surface area contributed by atoms with Crippen LogP contribution in [-0.2, 0) is 9.59 Å². The van der Waals surface area contributed by atoms with Crippen molar-refractivity contribution < 1.29 is 14.7 Å². The van der Waals surface area contributed by atoms with Gasteiger partial charge in [-0.05, 0) is 20.8 Å². The number of nitrogens with zero attached hydrogens (tertiary/aromatic N) is 1. The molecule has 5 nitrogen and oxygen atoms in total. The van der Waals surface area contributed by atoms with Gasteiger partial charge in [-0.2, -0.15) is 0 Å². The smallest absolute Gasteiger partial charge is 0.305 e. The molecular weight excluding hydrogens is 196 g/mol. The molecule has 1 aliphatic rings. The molecule has 1 amide bonds. The van der Waals surface area contributed by atoms with Gasteiger partial charge in [0.1, 0.15) is 0 Å². The monoisotopic (exact) mass is 214 g/mol. The number of piperazine rings is 1. The van der Waals surface area contributed by atoms with E-state index < -0.39 is 12.0 Å². The highest BCUT2D eigenvalue weighted by Gasteiger charge is 2.35. The van der Waals surface area contributed by atoms with E-state index in [1.54, 1.807) is 4.90 Å². The maximum Gasteiger partial charge on any atom is 0.305 e. The van der Waals surface area contributed by atoms with Crippen LogP contribution in [0.15, 0.2) is 0 Å². The molecule has 0 aromatic carbocycles. The van der Waals surface area contributed by atoms with Gasteiger partial charge < -0.3 is 15.3 Å². The molecule has 1 rings (SSSR count). The van der Waals surface area contributed by atoms with Gasteiger partial charge in [-0.1, -0.05) is 0 Å². The molecule has 0 aromatic rings. The number of hydrogen-bond donors (Lipinski definition) is 2. The SMILES string of the molecule is CC(C)(C)N1CCNC(CC(=O)O)C1=O. The Labute approximate surface area is 89.4 Å². The highest BCUT2D eigenvalue weighted by molar-refractivity contribution is 5.87. The van der Waals surface area contributed by atoms with Crippen molar-refractivity contribution in [2.45, 2.75) is 38.8 Å². The first-order valence-electron chi connectivity index (χ1n) is 5.09. The van der Waals surface area contributed by atoms with Crippen molar-refractivity contribution in [2.24, 2.45) is 0 Å². The molecule has 0 spiro atoms. The van der Waals surface area contributed by atoms with Crippen LogP contribution in [0, 0.1) is 0 Å². The molecule has 0 bridgehead atoms. The third-order valence-electron chi connectivity index (χ3n) is 2.48. The molecule has 1 unspecified atom stereocenters. The van der Waals surface area contributed by atoms with Crippen molar-refractivity contribution in [3.8, 4) is 0 Å². The number of hydrogen-bond acceptors (Lipinski definition) is 3. The van der Waals surface area contributed by atoms with Crippen LogP contribution < -0.4 is 5.32 Å². The minimum Gasteiger partial charge on any atom is -0.481 e. The third kappa shape index (κ3) is 2.92. The molecule has 5 heteroatoms. The first-order valence-corrected chi connectivity index (χ1v) is 5.09. The van der Waals surface area contributed by atoms with Crippen LogP contribution in [0.3, 0.4) is 0 Å². The Kier molecular flexibility index (Phi) is 3.34. The van der Waals surface area contributed by atoms with Crippen LogP contribution in [-0.4, -0.2) is 46.6 Å². The molecule has 1 fully saturated rings. The summed E-state index contributed by atoms with van der Waals surface area (Å²) in [5, 5.41) is 11.6. The molecular formula is C10H18N2O3. The van der Waals surface area contributed by atoms with Crippen LogP contribution in [0.2, 0.25) is 0 Å². The van der Waals surface area contributed by atoms with E-state index in [0.29, 0.717) is 13.1 Å². The van der Waals surface area contributed by atoms with E-state index in [1.807, 2.05) is 20.8 Å². The van der Waals surface area contributed by atoms with E-state index in [-0.39, 0.29) is 17.9 Å². The fourth-order valence-corrected chi connectivity index (χ4v) is 1.74. The summed E-state index contributed by atoms with van der Waals surface area (Å²) in [4.78, 5) is 24.2. The molecule has 0 aromatic heterocycles. The second-order valence-corrected chi connectivity index (χ2v) is 4.77. The van der Waals surface area contributed by atoms with Crippen molar-refractivity contribution in [1.82, 2.24) is 10.2 Å². The molecule has 1 atom stereocenters. The van der Waals surface area contributed by atoms with Crippen molar-refractivity contribution >= 4 is 11.9 Å². The number of aliphatic carboxylic acids is 1. The van der Waals surface area contributed by atoms with Gasteiger partial charge in [0.05, 0.1) is 12.5 Å². The number of rotatable bonds is 2. The Morgan fingerprint density at radius 1 is 1.60 bits per heavy atom. The number of carboxylic acid groups (broad SMARTS) is 1. The largest absolute Gasteiger partial charge is 0.481 e. The quantitative estimate of drug-likeness (QED) is 0.682. The van der Waals surface area contributed by atoms with E-state index in [1.165, 1.54) is 0 Å². The summed E-state index contributed by atoms with van der Waals surface area (Å²) in [6.07, 6.45) is -0.147. The molecule has 15 heavy (non-hydrogen) atoms. The summed E-state index contributed by atoms with van der Waals surface area (Å²) in [5.74, 6) is -1.06. The maximum atomic E-state index is 11.9. The summed E-state index contributed by atoms with van der Waals surface area (Å²) in [6.45, 7) is 7.15. The number of carbonyl (C=O) groups is 2. The predicted molar refractivity (Wildman–Crippen MR) is 55.5 cm³/mol. The molecule has 1 aliphatic heterocycles. The second-order valence-electron chi connectivity index (χ2n) is 4.77. The van der Waals surface area contributed by atoms with Crippen LogP contribution in [0.1, 0.15) is 27.2 Å². The highest BCUT2D eigenvalue weighted by Crippen LogP contribution is 2.17. The molecule has 0 aliphatic carbocycles. The zero-order chi connectivity index (χ0) is 11.6. The Morgan fingerprint density at radius 2 is 2.20 bits per heavy atom. The van der Waals surface area contributed by atoms with Crippen LogP contribution in [0.5, 0.6) is 0 Å². The van der Waals surface area contributed by atoms with Gasteiger partial charge in [0.2, 0.25) is 5.91 Å². The fraction of sp³-hybridized carbons (Fsp3) is 0.800. The average Bonchev–Trinajstić information content (AvgIpc) is 2.05. The topological polar surface area (TPSA) is 69.6 Å². The Hall–Kier alpha value is -1.10. The Bertz CT molecular complexity index is 270. The summed E-state index contributed by atoms with van der Waals surface area (Å²) < 4.78 is 0. The van der Waals surface area contributed by atoms with Gasteiger partial charge in [0.25, 0.3) is 0 Å². The molecule has 0 radical (unpaired) electrons. The number of carboxylic acids is 1. The first kappa shape index (κ1) is 12.0. The van der Waals surface area contributed by atoms with Crippen LogP contribution >= 0.6 is 0 Å². The van der Waals surface area contributed by atoms with E-state index >= 15 is 0 Å². The van der Waals surface area contributed by atoms with Gasteiger partial charge in [0.15, 0.2) is 0 Å². The van der Waals surface area contributed by atoms with Crippen molar-refractivity contribution in [3.05, 3.63) is 0 Å². The zero-order valence-corrected chi connectivity index (χ0v) is 9.41. The van der Waals surface area contributed by atoms with Crippen molar-refractivity contribution in [2.75, 3.05) is 13.1 Å². The zero-order valence-electron chi connectivity index (χ0n) is 9.41. The van der Waals surface area contributed by atoms with Gasteiger partial charge in [-0.3, -0.25) is 9.59 Å². The molecule has 1 saturated heterocycles. The second kappa shape index (κ2) is 4.18. The standard InChI is InChI=1S/C10H18N2O3/c1-10(2,3)12-5-4-11-7(9(12)15)6-8(13)14/h7,11H,4-6H2,1-3H3,(H,13,14). The lowest BCUT2D eigenvalue weighted by Crippen LogP contribution is -2.60. The Morgan fingerprint density at radius 3 is 2.67 bits per heavy atom. The highest BCUT2D eigenvalue weighted by atomic mass is 16.4. The lowest BCUT2D eigenvalue weighted by Gasteiger charge is -2.41. The summed E-state index contributed by atoms with van der Waals surface area (Å²) in [6, 6.07) is -0.574. The Balaban J connectivity index is 2.71. The van der Waals surface area contributed by atoms with Crippen LogP contribution in [0.25, 0.3) is 0 Å². The van der Waals surface area contributed by atoms with Gasteiger partial charge in [-0.25, -0.2) is 0 Å². The van der Waals surface area contributed by atoms with E-state index in [9.17, 15) is 9.59 Å². The fourth-order valence-electron chi connectivity index (χ4n) is 1.74. The molecule has 0 saturated carbocycles. The lowest BCUT2D eigenvalue weighted by atomic mass is 10.0.